The maximum absolute atomic E-state index is 12.0. The van der Waals surface area contributed by atoms with E-state index in [4.69, 9.17) is 4.74 Å². The minimum Gasteiger partial charge on any atom is -0.393 e. The number of carbonyl (C=O) groups excluding carboxylic acids is 1. The second-order valence-corrected chi connectivity index (χ2v) is 5.66. The lowest BCUT2D eigenvalue weighted by Gasteiger charge is -2.23. The van der Waals surface area contributed by atoms with Crippen molar-refractivity contribution in [2.24, 2.45) is 5.92 Å². The van der Waals surface area contributed by atoms with Crippen LogP contribution in [0, 0.1) is 5.92 Å². The second kappa shape index (κ2) is 6.53. The first-order valence-electron chi connectivity index (χ1n) is 7.24. The Morgan fingerprint density at radius 3 is 2.89 bits per heavy atom. The van der Waals surface area contributed by atoms with Crippen LogP contribution in [0.15, 0.2) is 0 Å². The maximum Gasteiger partial charge on any atom is 0.222 e. The number of aliphatic hydroxyl groups excluding tert-OH is 1. The molecule has 2 fully saturated rings. The van der Waals surface area contributed by atoms with Crippen molar-refractivity contribution in [1.29, 1.82) is 0 Å². The predicted molar refractivity (Wildman–Crippen MR) is 69.2 cm³/mol. The van der Waals surface area contributed by atoms with Gasteiger partial charge in [-0.1, -0.05) is 0 Å². The van der Waals surface area contributed by atoms with E-state index in [1.165, 1.54) is 6.42 Å². The quantitative estimate of drug-likeness (QED) is 0.829. The zero-order chi connectivity index (χ0) is 13.0. The van der Waals surface area contributed by atoms with E-state index in [0.29, 0.717) is 6.42 Å². The van der Waals surface area contributed by atoms with Gasteiger partial charge in [0.15, 0.2) is 0 Å². The SMILES string of the molecule is CC(O)C1CCN(C(=O)CCC2CCCCO2)C1. The van der Waals surface area contributed by atoms with Gasteiger partial charge in [0.2, 0.25) is 5.91 Å². The number of likely N-dealkylation sites (tertiary alicyclic amines) is 1. The smallest absolute Gasteiger partial charge is 0.222 e. The largest absolute Gasteiger partial charge is 0.393 e. The number of hydrogen-bond acceptors (Lipinski definition) is 3. The highest BCUT2D eigenvalue weighted by atomic mass is 16.5. The van der Waals surface area contributed by atoms with Gasteiger partial charge < -0.3 is 14.7 Å². The van der Waals surface area contributed by atoms with Crippen LogP contribution in [0.1, 0.15) is 45.4 Å². The molecule has 4 nitrogen and oxygen atoms in total. The molecule has 3 unspecified atom stereocenters. The van der Waals surface area contributed by atoms with Crippen LogP contribution in [0.4, 0.5) is 0 Å². The van der Waals surface area contributed by atoms with Crippen molar-refractivity contribution in [2.75, 3.05) is 19.7 Å². The Morgan fingerprint density at radius 2 is 2.28 bits per heavy atom. The molecule has 2 saturated heterocycles. The number of carbonyl (C=O) groups is 1. The molecule has 104 valence electrons. The van der Waals surface area contributed by atoms with Gasteiger partial charge in [-0.2, -0.15) is 0 Å². The summed E-state index contributed by atoms with van der Waals surface area (Å²) in [6.45, 7) is 4.20. The first-order valence-corrected chi connectivity index (χ1v) is 7.24. The van der Waals surface area contributed by atoms with Crippen molar-refractivity contribution < 1.29 is 14.6 Å². The van der Waals surface area contributed by atoms with Crippen molar-refractivity contribution >= 4 is 5.91 Å². The van der Waals surface area contributed by atoms with Gasteiger partial charge in [-0.05, 0) is 39.0 Å². The predicted octanol–water partition coefficient (Wildman–Crippen LogP) is 1.56. The molecule has 0 aromatic rings. The molecule has 4 heteroatoms. The van der Waals surface area contributed by atoms with E-state index in [0.717, 1.165) is 45.4 Å². The third-order valence-corrected chi connectivity index (χ3v) is 4.21. The average molecular weight is 255 g/mol. The lowest BCUT2D eigenvalue weighted by Crippen LogP contribution is -2.31. The third kappa shape index (κ3) is 3.69. The standard InChI is InChI=1S/C14H25NO3/c1-11(16)12-7-8-15(10-12)14(17)6-5-13-4-2-3-9-18-13/h11-13,16H,2-10H2,1H3. The number of amides is 1. The summed E-state index contributed by atoms with van der Waals surface area (Å²) in [7, 11) is 0. The Hall–Kier alpha value is -0.610. The molecule has 0 bridgehead atoms. The van der Waals surface area contributed by atoms with Gasteiger partial charge in [-0.3, -0.25) is 4.79 Å². The fourth-order valence-electron chi connectivity index (χ4n) is 2.89. The third-order valence-electron chi connectivity index (χ3n) is 4.21. The van der Waals surface area contributed by atoms with Crippen LogP contribution in [0.5, 0.6) is 0 Å². The van der Waals surface area contributed by atoms with Crippen LogP contribution in [-0.2, 0) is 9.53 Å². The fourth-order valence-corrected chi connectivity index (χ4v) is 2.89. The van der Waals surface area contributed by atoms with E-state index in [-0.39, 0.29) is 24.0 Å². The van der Waals surface area contributed by atoms with Crippen LogP contribution >= 0.6 is 0 Å². The van der Waals surface area contributed by atoms with Gasteiger partial charge in [-0.15, -0.1) is 0 Å². The summed E-state index contributed by atoms with van der Waals surface area (Å²) in [5, 5.41) is 9.53. The minimum atomic E-state index is -0.301. The Labute approximate surface area is 109 Å². The number of aliphatic hydroxyl groups is 1. The highest BCUT2D eigenvalue weighted by Crippen LogP contribution is 2.22. The molecule has 0 radical (unpaired) electrons. The summed E-state index contributed by atoms with van der Waals surface area (Å²) < 4.78 is 5.64. The molecule has 2 rings (SSSR count). The maximum atomic E-state index is 12.0. The molecule has 1 N–H and O–H groups in total. The van der Waals surface area contributed by atoms with Gasteiger partial charge in [0.25, 0.3) is 0 Å². The van der Waals surface area contributed by atoms with Crippen LogP contribution in [0.25, 0.3) is 0 Å². The van der Waals surface area contributed by atoms with Crippen LogP contribution in [0.2, 0.25) is 0 Å². The molecule has 0 aromatic heterocycles. The van der Waals surface area contributed by atoms with Crippen molar-refractivity contribution in [3.8, 4) is 0 Å². The lowest BCUT2D eigenvalue weighted by molar-refractivity contribution is -0.131. The molecule has 0 spiro atoms. The summed E-state index contributed by atoms with van der Waals surface area (Å²) in [6.07, 6.45) is 5.86. The molecule has 18 heavy (non-hydrogen) atoms. The Bertz CT molecular complexity index is 274. The molecule has 2 heterocycles. The first kappa shape index (κ1) is 13.8. The highest BCUT2D eigenvalue weighted by molar-refractivity contribution is 5.76. The Morgan fingerprint density at radius 1 is 1.44 bits per heavy atom. The molecule has 2 aliphatic heterocycles. The highest BCUT2D eigenvalue weighted by Gasteiger charge is 2.29. The van der Waals surface area contributed by atoms with Crippen molar-refractivity contribution in [3.05, 3.63) is 0 Å². The van der Waals surface area contributed by atoms with Gasteiger partial charge in [0, 0.05) is 32.0 Å². The summed E-state index contributed by atoms with van der Waals surface area (Å²) in [6, 6.07) is 0. The number of hydrogen-bond donors (Lipinski definition) is 1. The zero-order valence-corrected chi connectivity index (χ0v) is 11.3. The Kier molecular flexibility index (Phi) is 5.01. The molecule has 1 amide bonds. The molecular weight excluding hydrogens is 230 g/mol. The molecule has 0 aromatic carbocycles. The fraction of sp³-hybridized carbons (Fsp3) is 0.929. The lowest BCUT2D eigenvalue weighted by atomic mass is 10.0. The summed E-state index contributed by atoms with van der Waals surface area (Å²) in [5.41, 5.74) is 0. The van der Waals surface area contributed by atoms with Crippen molar-refractivity contribution in [1.82, 2.24) is 4.90 Å². The monoisotopic (exact) mass is 255 g/mol. The van der Waals surface area contributed by atoms with Gasteiger partial charge in [0.1, 0.15) is 0 Å². The van der Waals surface area contributed by atoms with Crippen LogP contribution in [-0.4, -0.2) is 47.8 Å². The molecular formula is C14H25NO3. The number of ether oxygens (including phenoxy) is 1. The molecule has 3 atom stereocenters. The zero-order valence-electron chi connectivity index (χ0n) is 11.3. The Balaban J connectivity index is 1.68. The summed E-state index contributed by atoms with van der Waals surface area (Å²) in [5.74, 6) is 0.493. The normalized spacial score (nSPS) is 30.4. The molecule has 2 aliphatic rings. The van der Waals surface area contributed by atoms with Gasteiger partial charge in [0.05, 0.1) is 12.2 Å². The van der Waals surface area contributed by atoms with E-state index in [2.05, 4.69) is 0 Å². The van der Waals surface area contributed by atoms with E-state index >= 15 is 0 Å². The topological polar surface area (TPSA) is 49.8 Å². The van der Waals surface area contributed by atoms with E-state index in [1.54, 1.807) is 0 Å². The molecule has 0 aliphatic carbocycles. The van der Waals surface area contributed by atoms with Crippen molar-refractivity contribution in [3.63, 3.8) is 0 Å². The van der Waals surface area contributed by atoms with Gasteiger partial charge in [-0.25, -0.2) is 0 Å². The number of rotatable bonds is 4. The molecule has 0 saturated carbocycles. The second-order valence-electron chi connectivity index (χ2n) is 5.66. The van der Waals surface area contributed by atoms with E-state index < -0.39 is 0 Å². The van der Waals surface area contributed by atoms with Crippen LogP contribution in [0.3, 0.4) is 0 Å². The van der Waals surface area contributed by atoms with E-state index in [9.17, 15) is 9.90 Å². The first-order chi connectivity index (χ1) is 8.66. The van der Waals surface area contributed by atoms with Crippen LogP contribution < -0.4 is 0 Å². The van der Waals surface area contributed by atoms with E-state index in [1.807, 2.05) is 11.8 Å². The average Bonchev–Trinajstić information content (AvgIpc) is 2.87. The summed E-state index contributed by atoms with van der Waals surface area (Å²) >= 11 is 0. The summed E-state index contributed by atoms with van der Waals surface area (Å²) in [4.78, 5) is 13.9. The van der Waals surface area contributed by atoms with Crippen molar-refractivity contribution in [2.45, 2.75) is 57.7 Å². The van der Waals surface area contributed by atoms with Gasteiger partial charge >= 0.3 is 0 Å². The minimum absolute atomic E-state index is 0.229. The number of nitrogens with zero attached hydrogens (tertiary/aromatic N) is 1.